The first-order valence-corrected chi connectivity index (χ1v) is 13.3. The number of hydrogen-bond donors (Lipinski definition) is 2. The quantitative estimate of drug-likeness (QED) is 0.260. The van der Waals surface area contributed by atoms with Crippen LogP contribution in [-0.2, 0) is 15.1 Å². The van der Waals surface area contributed by atoms with Gasteiger partial charge in [-0.05, 0) is 41.0 Å². The number of aromatic nitrogens is 4. The fraction of sp³-hybridized carbons (Fsp3) is 0.258. The molecule has 6 rings (SSSR count). The molecule has 1 fully saturated rings. The van der Waals surface area contributed by atoms with Crippen molar-refractivity contribution in [2.24, 2.45) is 0 Å². The number of hydrogen-bond acceptors (Lipinski definition) is 9. The van der Waals surface area contributed by atoms with Crippen molar-refractivity contribution < 1.29 is 24.1 Å². The summed E-state index contributed by atoms with van der Waals surface area (Å²) in [5, 5.41) is 11.1. The van der Waals surface area contributed by atoms with Crippen LogP contribution in [-0.4, -0.2) is 57.7 Å². The van der Waals surface area contributed by atoms with Gasteiger partial charge in [0.15, 0.2) is 11.5 Å². The topological polar surface area (TPSA) is 127 Å². The minimum Gasteiger partial charge on any atom is -0.497 e. The molecular formula is C31H31N5O5. The SMILES string of the molecule is COc1ccc(C(OC[C@@H]2O[C@@H](n3cnc4c(N)ncnc43)C[C@H]2O)(c2ccccc2)c2ccc(OC)cc2)cc1. The van der Waals surface area contributed by atoms with Crippen molar-refractivity contribution in [1.82, 2.24) is 19.5 Å². The Morgan fingerprint density at radius 2 is 1.49 bits per heavy atom. The van der Waals surface area contributed by atoms with Gasteiger partial charge in [-0.1, -0.05) is 54.6 Å². The average Bonchev–Trinajstić information content (AvgIpc) is 3.62. The Kier molecular flexibility index (Phi) is 7.27. The van der Waals surface area contributed by atoms with Crippen LogP contribution in [0.4, 0.5) is 5.82 Å². The summed E-state index contributed by atoms with van der Waals surface area (Å²) in [4.78, 5) is 12.7. The second-order valence-corrected chi connectivity index (χ2v) is 9.83. The number of ether oxygens (including phenoxy) is 4. The molecule has 0 saturated carbocycles. The number of nitrogens with two attached hydrogens (primary N) is 1. The summed E-state index contributed by atoms with van der Waals surface area (Å²) in [6.07, 6.45) is 1.45. The Bertz CT molecular complexity index is 1560. The molecule has 210 valence electrons. The number of fused-ring (bicyclic) bond motifs is 1. The van der Waals surface area contributed by atoms with E-state index in [0.29, 0.717) is 23.4 Å². The predicted octanol–water partition coefficient (Wildman–Crippen LogP) is 4.08. The van der Waals surface area contributed by atoms with E-state index in [1.807, 2.05) is 78.9 Å². The molecule has 3 aromatic carbocycles. The van der Waals surface area contributed by atoms with E-state index in [1.54, 1.807) is 25.1 Å². The van der Waals surface area contributed by atoms with Crippen molar-refractivity contribution in [3.8, 4) is 11.5 Å². The zero-order chi connectivity index (χ0) is 28.4. The number of aliphatic hydroxyl groups excluding tert-OH is 1. The number of aliphatic hydroxyl groups is 1. The molecule has 1 aliphatic heterocycles. The van der Waals surface area contributed by atoms with Crippen molar-refractivity contribution >= 4 is 17.0 Å². The van der Waals surface area contributed by atoms with E-state index in [-0.39, 0.29) is 6.61 Å². The smallest absolute Gasteiger partial charge is 0.167 e. The van der Waals surface area contributed by atoms with Crippen LogP contribution in [0.15, 0.2) is 91.5 Å². The van der Waals surface area contributed by atoms with Gasteiger partial charge in [0.2, 0.25) is 0 Å². The fourth-order valence-corrected chi connectivity index (χ4v) is 5.40. The fourth-order valence-electron chi connectivity index (χ4n) is 5.40. The molecule has 1 saturated heterocycles. The molecule has 3 N–H and O–H groups in total. The summed E-state index contributed by atoms with van der Waals surface area (Å²) in [6, 6.07) is 25.6. The Balaban J connectivity index is 1.37. The van der Waals surface area contributed by atoms with Gasteiger partial charge < -0.3 is 29.8 Å². The number of nitrogen functional groups attached to an aromatic ring is 1. The maximum Gasteiger partial charge on any atom is 0.167 e. The van der Waals surface area contributed by atoms with E-state index in [1.165, 1.54) is 6.33 Å². The number of benzene rings is 3. The number of rotatable bonds is 9. The van der Waals surface area contributed by atoms with Crippen LogP contribution in [0.2, 0.25) is 0 Å². The molecule has 3 atom stereocenters. The van der Waals surface area contributed by atoms with E-state index < -0.39 is 24.0 Å². The first-order valence-electron chi connectivity index (χ1n) is 13.3. The molecule has 1 aliphatic rings. The lowest BCUT2D eigenvalue weighted by Crippen LogP contribution is -2.38. The summed E-state index contributed by atoms with van der Waals surface area (Å²) in [6.45, 7) is 0.106. The van der Waals surface area contributed by atoms with E-state index in [4.69, 9.17) is 24.7 Å². The third-order valence-electron chi connectivity index (χ3n) is 7.54. The van der Waals surface area contributed by atoms with Gasteiger partial charge in [0.1, 0.15) is 41.3 Å². The predicted molar refractivity (Wildman–Crippen MR) is 153 cm³/mol. The van der Waals surface area contributed by atoms with Gasteiger partial charge in [0.05, 0.1) is 33.3 Å². The van der Waals surface area contributed by atoms with Crippen molar-refractivity contribution in [3.05, 3.63) is 108 Å². The van der Waals surface area contributed by atoms with Gasteiger partial charge >= 0.3 is 0 Å². The van der Waals surface area contributed by atoms with E-state index in [0.717, 1.165) is 28.2 Å². The van der Waals surface area contributed by atoms with Gasteiger partial charge in [-0.25, -0.2) is 15.0 Å². The van der Waals surface area contributed by atoms with Gasteiger partial charge in [-0.2, -0.15) is 0 Å². The molecule has 5 aromatic rings. The summed E-state index contributed by atoms with van der Waals surface area (Å²) in [5.74, 6) is 1.76. The highest BCUT2D eigenvalue weighted by Crippen LogP contribution is 2.43. The van der Waals surface area contributed by atoms with Crippen LogP contribution in [0.1, 0.15) is 29.3 Å². The lowest BCUT2D eigenvalue weighted by molar-refractivity contribution is -0.0931. The third kappa shape index (κ3) is 4.86. The molecule has 10 nitrogen and oxygen atoms in total. The average molecular weight is 554 g/mol. The van der Waals surface area contributed by atoms with E-state index in [2.05, 4.69) is 15.0 Å². The summed E-state index contributed by atoms with van der Waals surface area (Å²) in [7, 11) is 3.27. The minimum absolute atomic E-state index is 0.106. The van der Waals surface area contributed by atoms with Crippen molar-refractivity contribution in [3.63, 3.8) is 0 Å². The monoisotopic (exact) mass is 553 g/mol. The van der Waals surface area contributed by atoms with E-state index in [9.17, 15) is 5.11 Å². The molecule has 2 aromatic heterocycles. The largest absolute Gasteiger partial charge is 0.497 e. The first kappa shape index (κ1) is 26.7. The van der Waals surface area contributed by atoms with Crippen LogP contribution in [0.25, 0.3) is 11.2 Å². The summed E-state index contributed by atoms with van der Waals surface area (Å²) >= 11 is 0. The van der Waals surface area contributed by atoms with Gasteiger partial charge in [-0.15, -0.1) is 0 Å². The van der Waals surface area contributed by atoms with Crippen LogP contribution >= 0.6 is 0 Å². The highest BCUT2D eigenvalue weighted by Gasteiger charge is 2.42. The summed E-state index contributed by atoms with van der Waals surface area (Å²) in [5.41, 5.74) is 8.70. The van der Waals surface area contributed by atoms with Gasteiger partial charge in [0, 0.05) is 6.42 Å². The lowest BCUT2D eigenvalue weighted by atomic mass is 9.80. The Labute approximate surface area is 237 Å². The van der Waals surface area contributed by atoms with Crippen molar-refractivity contribution in [2.45, 2.75) is 30.5 Å². The highest BCUT2D eigenvalue weighted by molar-refractivity contribution is 5.81. The van der Waals surface area contributed by atoms with Crippen LogP contribution in [0, 0.1) is 0 Å². The molecule has 0 aliphatic carbocycles. The molecule has 0 bridgehead atoms. The maximum absolute atomic E-state index is 11.1. The van der Waals surface area contributed by atoms with Crippen LogP contribution in [0.3, 0.4) is 0 Å². The molecule has 0 amide bonds. The molecular weight excluding hydrogens is 522 g/mol. The third-order valence-corrected chi connectivity index (χ3v) is 7.54. The van der Waals surface area contributed by atoms with Crippen LogP contribution in [0.5, 0.6) is 11.5 Å². The van der Waals surface area contributed by atoms with Crippen molar-refractivity contribution in [1.29, 1.82) is 0 Å². The molecule has 41 heavy (non-hydrogen) atoms. The highest BCUT2D eigenvalue weighted by atomic mass is 16.6. The molecule has 3 heterocycles. The normalized spacial score (nSPS) is 19.0. The van der Waals surface area contributed by atoms with Gasteiger partial charge in [0.25, 0.3) is 0 Å². The molecule has 0 spiro atoms. The Morgan fingerprint density at radius 3 is 2.10 bits per heavy atom. The minimum atomic E-state index is -1.02. The van der Waals surface area contributed by atoms with Crippen molar-refractivity contribution in [2.75, 3.05) is 26.6 Å². The lowest BCUT2D eigenvalue weighted by Gasteiger charge is -2.37. The number of anilines is 1. The standard InChI is InChI=1S/C31H31N5O5/c1-38-23-12-8-21(9-13-23)31(20-6-4-3-5-7-20,22-10-14-24(39-2)15-11-22)40-17-26-25(37)16-27(41-26)36-19-35-28-29(32)33-18-34-30(28)36/h3-15,18-19,25-27,37H,16-17H2,1-2H3,(H2,32,33,34)/t25-,26+,27-/m1/s1. The zero-order valence-corrected chi connectivity index (χ0v) is 22.8. The second-order valence-electron chi connectivity index (χ2n) is 9.83. The number of imidazole rings is 1. The first-order chi connectivity index (χ1) is 20.0. The Hall–Kier alpha value is -4.51. The molecule has 10 heteroatoms. The summed E-state index contributed by atoms with van der Waals surface area (Å²) < 4.78 is 25.9. The molecule has 0 radical (unpaired) electrons. The maximum atomic E-state index is 11.1. The number of nitrogens with zero attached hydrogens (tertiary/aromatic N) is 4. The zero-order valence-electron chi connectivity index (χ0n) is 22.8. The number of methoxy groups -OCH3 is 2. The van der Waals surface area contributed by atoms with Gasteiger partial charge in [-0.3, -0.25) is 4.57 Å². The van der Waals surface area contributed by atoms with E-state index >= 15 is 0 Å². The second kappa shape index (κ2) is 11.2. The molecule has 0 unspecified atom stereocenters. The van der Waals surface area contributed by atoms with Crippen LogP contribution < -0.4 is 15.2 Å². The Morgan fingerprint density at radius 1 is 0.878 bits per heavy atom.